The number of hydrogen-bond donors (Lipinski definition) is 2. The van der Waals surface area contributed by atoms with Crippen LogP contribution in [-0.2, 0) is 18.9 Å². The highest BCUT2D eigenvalue weighted by atomic mass is 35.5. The van der Waals surface area contributed by atoms with Gasteiger partial charge in [0, 0.05) is 12.7 Å². The molecule has 0 radical (unpaired) electrons. The number of benzene rings is 1. The van der Waals surface area contributed by atoms with Crippen molar-refractivity contribution in [2.24, 2.45) is 0 Å². The summed E-state index contributed by atoms with van der Waals surface area (Å²) in [6, 6.07) is 9.23. The standard InChI is InChI=1S/C15H18Cl2O6/c1-20-13-10(18)15(19,14(16)17)11-9(22-13)7-21-12(23-11)8-5-3-2-4-6-8/h2-6,9-14,18-19H,7H2,1H3/t9-,10+,11-,12?,13+,15+/m1/s1. The number of halogens is 2. The smallest absolute Gasteiger partial charge is 0.186 e. The van der Waals surface area contributed by atoms with Gasteiger partial charge in [-0.25, -0.2) is 0 Å². The molecule has 2 heterocycles. The summed E-state index contributed by atoms with van der Waals surface area (Å²) in [6.45, 7) is 0.139. The molecule has 0 amide bonds. The van der Waals surface area contributed by atoms with Crippen molar-refractivity contribution < 1.29 is 29.2 Å². The maximum atomic E-state index is 10.9. The van der Waals surface area contributed by atoms with E-state index in [4.69, 9.17) is 42.1 Å². The van der Waals surface area contributed by atoms with Crippen molar-refractivity contribution in [3.05, 3.63) is 35.9 Å². The molecule has 6 atom stereocenters. The van der Waals surface area contributed by atoms with E-state index >= 15 is 0 Å². The highest BCUT2D eigenvalue weighted by molar-refractivity contribution is 6.45. The van der Waals surface area contributed by atoms with Gasteiger partial charge in [0.2, 0.25) is 0 Å². The minimum atomic E-state index is -1.95. The van der Waals surface area contributed by atoms with Crippen LogP contribution in [0.3, 0.4) is 0 Å². The second-order valence-electron chi connectivity index (χ2n) is 5.54. The van der Waals surface area contributed by atoms with Gasteiger partial charge in [-0.05, 0) is 0 Å². The Labute approximate surface area is 143 Å². The second kappa shape index (κ2) is 6.82. The molecule has 3 rings (SSSR count). The summed E-state index contributed by atoms with van der Waals surface area (Å²) in [5.74, 6) is 0. The number of alkyl halides is 2. The van der Waals surface area contributed by atoms with E-state index in [1.807, 2.05) is 30.3 Å². The maximum Gasteiger partial charge on any atom is 0.186 e. The van der Waals surface area contributed by atoms with E-state index in [0.717, 1.165) is 5.56 Å². The second-order valence-corrected chi connectivity index (χ2v) is 6.64. The molecule has 0 aromatic heterocycles. The zero-order valence-electron chi connectivity index (χ0n) is 12.3. The number of ether oxygens (including phenoxy) is 4. The molecule has 2 aliphatic rings. The van der Waals surface area contributed by atoms with Gasteiger partial charge in [-0.2, -0.15) is 0 Å². The Balaban J connectivity index is 1.88. The van der Waals surface area contributed by atoms with Crippen LogP contribution in [0.5, 0.6) is 0 Å². The van der Waals surface area contributed by atoms with Crippen LogP contribution in [0.1, 0.15) is 11.9 Å². The van der Waals surface area contributed by atoms with E-state index in [2.05, 4.69) is 0 Å². The largest absolute Gasteiger partial charge is 0.385 e. The molecule has 6 nitrogen and oxygen atoms in total. The van der Waals surface area contributed by atoms with Gasteiger partial charge in [0.25, 0.3) is 0 Å². The Bertz CT molecular complexity index is 530. The minimum absolute atomic E-state index is 0.139. The van der Waals surface area contributed by atoms with Crippen molar-refractivity contribution in [1.29, 1.82) is 0 Å². The Kier molecular flexibility index (Phi) is 5.15. The lowest BCUT2D eigenvalue weighted by atomic mass is 9.84. The van der Waals surface area contributed by atoms with Crippen LogP contribution in [0.4, 0.5) is 0 Å². The summed E-state index contributed by atoms with van der Waals surface area (Å²) in [5.41, 5.74) is -1.18. The van der Waals surface area contributed by atoms with Crippen molar-refractivity contribution in [3.8, 4) is 0 Å². The molecule has 128 valence electrons. The Morgan fingerprint density at radius 2 is 1.96 bits per heavy atom. The summed E-state index contributed by atoms with van der Waals surface area (Å²) < 4.78 is 22.1. The third-order valence-electron chi connectivity index (χ3n) is 4.17. The van der Waals surface area contributed by atoms with Gasteiger partial charge in [-0.3, -0.25) is 0 Å². The first-order valence-corrected chi connectivity index (χ1v) is 8.04. The molecule has 2 fully saturated rings. The van der Waals surface area contributed by atoms with Gasteiger partial charge in [0.15, 0.2) is 18.2 Å². The summed E-state index contributed by atoms with van der Waals surface area (Å²) in [6.07, 6.45) is -4.91. The average molecular weight is 365 g/mol. The van der Waals surface area contributed by atoms with Crippen LogP contribution >= 0.6 is 23.2 Å². The normalized spacial score (nSPS) is 40.9. The Morgan fingerprint density at radius 1 is 1.26 bits per heavy atom. The zero-order valence-corrected chi connectivity index (χ0v) is 13.9. The molecule has 0 bridgehead atoms. The fourth-order valence-corrected chi connectivity index (χ4v) is 3.41. The number of fused-ring (bicyclic) bond motifs is 1. The van der Waals surface area contributed by atoms with Gasteiger partial charge >= 0.3 is 0 Å². The third-order valence-corrected chi connectivity index (χ3v) is 4.87. The molecule has 8 heteroatoms. The quantitative estimate of drug-likeness (QED) is 0.788. The number of methoxy groups -OCH3 is 1. The summed E-state index contributed by atoms with van der Waals surface area (Å²) in [7, 11) is 1.35. The van der Waals surface area contributed by atoms with Crippen molar-refractivity contribution in [2.75, 3.05) is 13.7 Å². The van der Waals surface area contributed by atoms with Crippen molar-refractivity contribution in [1.82, 2.24) is 0 Å². The Hall–Kier alpha value is -0.440. The molecule has 2 N–H and O–H groups in total. The van der Waals surface area contributed by atoms with Crippen LogP contribution in [0.15, 0.2) is 30.3 Å². The topological polar surface area (TPSA) is 77.4 Å². The van der Waals surface area contributed by atoms with Crippen molar-refractivity contribution in [3.63, 3.8) is 0 Å². The molecule has 1 aromatic rings. The van der Waals surface area contributed by atoms with Crippen LogP contribution in [0.2, 0.25) is 0 Å². The van der Waals surface area contributed by atoms with Crippen LogP contribution in [0.25, 0.3) is 0 Å². The maximum absolute atomic E-state index is 10.9. The van der Waals surface area contributed by atoms with Gasteiger partial charge in [-0.1, -0.05) is 30.3 Å². The average Bonchev–Trinajstić information content (AvgIpc) is 2.58. The van der Waals surface area contributed by atoms with Crippen LogP contribution in [-0.4, -0.2) is 59.0 Å². The van der Waals surface area contributed by atoms with Gasteiger partial charge in [-0.15, -0.1) is 23.2 Å². The van der Waals surface area contributed by atoms with Gasteiger partial charge in [0.05, 0.1) is 6.61 Å². The molecule has 0 spiro atoms. The first-order valence-electron chi connectivity index (χ1n) is 7.17. The predicted octanol–water partition coefficient (Wildman–Crippen LogP) is 1.37. The first kappa shape index (κ1) is 17.4. The van der Waals surface area contributed by atoms with Crippen molar-refractivity contribution in [2.45, 2.75) is 41.3 Å². The molecule has 2 saturated heterocycles. The lowest BCUT2D eigenvalue weighted by molar-refractivity contribution is -0.381. The minimum Gasteiger partial charge on any atom is -0.385 e. The summed E-state index contributed by atoms with van der Waals surface area (Å²) in [4.78, 5) is -1.30. The molecule has 2 aliphatic heterocycles. The van der Waals surface area contributed by atoms with E-state index in [1.165, 1.54) is 7.11 Å². The molecule has 0 saturated carbocycles. The van der Waals surface area contributed by atoms with E-state index in [-0.39, 0.29) is 6.61 Å². The number of hydrogen-bond acceptors (Lipinski definition) is 6. The van der Waals surface area contributed by atoms with Gasteiger partial charge < -0.3 is 29.2 Å². The van der Waals surface area contributed by atoms with E-state index in [0.29, 0.717) is 0 Å². The first-order chi connectivity index (χ1) is 11.0. The fraction of sp³-hybridized carbons (Fsp3) is 0.600. The van der Waals surface area contributed by atoms with Crippen LogP contribution < -0.4 is 0 Å². The van der Waals surface area contributed by atoms with Crippen molar-refractivity contribution >= 4 is 23.2 Å². The molecule has 1 aromatic carbocycles. The number of aliphatic hydroxyl groups is 2. The summed E-state index contributed by atoms with van der Waals surface area (Å²) >= 11 is 11.9. The number of aliphatic hydroxyl groups excluding tert-OH is 1. The predicted molar refractivity (Wildman–Crippen MR) is 82.1 cm³/mol. The molecular weight excluding hydrogens is 347 g/mol. The molecule has 0 aliphatic carbocycles. The Morgan fingerprint density at radius 3 is 2.57 bits per heavy atom. The summed E-state index contributed by atoms with van der Waals surface area (Å²) in [5, 5.41) is 21.3. The third kappa shape index (κ3) is 2.99. The van der Waals surface area contributed by atoms with E-state index in [1.54, 1.807) is 0 Å². The van der Waals surface area contributed by atoms with Gasteiger partial charge in [0.1, 0.15) is 23.1 Å². The SMILES string of the molecule is CO[C@H]1O[C@@H]2COC(c3ccccc3)O[C@H]2[C@](O)(C(Cl)Cl)[C@H]1O. The molecule has 1 unspecified atom stereocenters. The highest BCUT2D eigenvalue weighted by Gasteiger charge is 2.61. The molecular formula is C15H18Cl2O6. The van der Waals surface area contributed by atoms with E-state index in [9.17, 15) is 10.2 Å². The number of rotatable bonds is 3. The lowest BCUT2D eigenvalue weighted by Gasteiger charge is -2.52. The monoisotopic (exact) mass is 364 g/mol. The molecule has 23 heavy (non-hydrogen) atoms. The van der Waals surface area contributed by atoms with Crippen LogP contribution in [0, 0.1) is 0 Å². The zero-order chi connectivity index (χ0) is 16.6. The van der Waals surface area contributed by atoms with E-state index < -0.39 is 41.3 Å². The highest BCUT2D eigenvalue weighted by Crippen LogP contribution is 2.43. The lowest BCUT2D eigenvalue weighted by Crippen LogP contribution is -2.72. The fourth-order valence-electron chi connectivity index (χ4n) is 2.90.